The molecule has 0 saturated heterocycles. The third kappa shape index (κ3) is 2.15. The Balaban J connectivity index is 2.16. The Labute approximate surface area is 121 Å². The van der Waals surface area contributed by atoms with Gasteiger partial charge in [-0.05, 0) is 26.0 Å². The van der Waals surface area contributed by atoms with Crippen molar-refractivity contribution in [2.75, 3.05) is 17.5 Å². The molecule has 0 fully saturated rings. The summed E-state index contributed by atoms with van der Waals surface area (Å²) in [5.74, 6) is -0.162. The maximum absolute atomic E-state index is 13.5. The predicted octanol–water partition coefficient (Wildman–Crippen LogP) is 1.75. The monoisotopic (exact) mass is 311 g/mol. The topological polar surface area (TPSA) is 75.3 Å². The van der Waals surface area contributed by atoms with Crippen molar-refractivity contribution >= 4 is 15.7 Å². The lowest BCUT2D eigenvalue weighted by Crippen LogP contribution is -2.38. The van der Waals surface area contributed by atoms with Crippen molar-refractivity contribution in [2.24, 2.45) is 0 Å². The highest BCUT2D eigenvalue weighted by Crippen LogP contribution is 2.36. The minimum atomic E-state index is -3.82. The number of aromatic amines is 1. The van der Waals surface area contributed by atoms with Crippen LogP contribution in [-0.2, 0) is 10.0 Å². The Kier molecular flexibility index (Phi) is 3.12. The van der Waals surface area contributed by atoms with Gasteiger partial charge in [0, 0.05) is 6.07 Å². The highest BCUT2D eigenvalue weighted by Gasteiger charge is 2.33. The van der Waals surface area contributed by atoms with E-state index in [9.17, 15) is 12.8 Å². The number of ether oxygens (including phenoxy) is 1. The Morgan fingerprint density at radius 1 is 1.38 bits per heavy atom. The molecule has 0 radical (unpaired) electrons. The van der Waals surface area contributed by atoms with Gasteiger partial charge >= 0.3 is 0 Å². The van der Waals surface area contributed by atoms with E-state index < -0.39 is 15.8 Å². The summed E-state index contributed by atoms with van der Waals surface area (Å²) >= 11 is 0. The molecular formula is C13H14FN3O3S. The fourth-order valence-electron chi connectivity index (χ4n) is 2.45. The van der Waals surface area contributed by atoms with E-state index in [0.29, 0.717) is 17.1 Å². The van der Waals surface area contributed by atoms with Crippen molar-refractivity contribution in [3.05, 3.63) is 35.4 Å². The second-order valence-corrected chi connectivity index (χ2v) is 6.60. The second kappa shape index (κ2) is 4.73. The number of rotatable bonds is 2. The zero-order valence-electron chi connectivity index (χ0n) is 11.6. The summed E-state index contributed by atoms with van der Waals surface area (Å²) in [5, 5.41) is 6.57. The molecule has 0 atom stereocenters. The van der Waals surface area contributed by atoms with Crippen molar-refractivity contribution in [1.82, 2.24) is 10.2 Å². The van der Waals surface area contributed by atoms with E-state index in [1.165, 1.54) is 16.4 Å². The van der Waals surface area contributed by atoms with Gasteiger partial charge in [0.25, 0.3) is 10.0 Å². The third-order valence-corrected chi connectivity index (χ3v) is 5.43. The van der Waals surface area contributed by atoms with E-state index in [1.54, 1.807) is 13.8 Å². The van der Waals surface area contributed by atoms with E-state index in [-0.39, 0.29) is 23.7 Å². The maximum Gasteiger partial charge on any atom is 0.268 e. The zero-order valence-corrected chi connectivity index (χ0v) is 12.4. The molecule has 21 heavy (non-hydrogen) atoms. The zero-order chi connectivity index (χ0) is 15.2. The molecule has 112 valence electrons. The molecule has 8 heteroatoms. The fraction of sp³-hybridized carbons (Fsp3) is 0.308. The van der Waals surface area contributed by atoms with Gasteiger partial charge in [-0.25, -0.2) is 12.8 Å². The smallest absolute Gasteiger partial charge is 0.268 e. The van der Waals surface area contributed by atoms with Gasteiger partial charge in [0.05, 0.1) is 23.6 Å². The maximum atomic E-state index is 13.5. The van der Waals surface area contributed by atoms with Crippen LogP contribution in [0.1, 0.15) is 11.4 Å². The lowest BCUT2D eigenvalue weighted by Gasteiger charge is -2.30. The molecule has 2 aromatic rings. The van der Waals surface area contributed by atoms with E-state index in [0.717, 1.165) is 6.07 Å². The number of hydrogen-bond donors (Lipinski definition) is 1. The van der Waals surface area contributed by atoms with Crippen LogP contribution < -0.4 is 9.04 Å². The van der Waals surface area contributed by atoms with Crippen LogP contribution in [0.2, 0.25) is 0 Å². The minimum absolute atomic E-state index is 0.125. The SMILES string of the molecule is Cc1n[nH]c(C)c1S(=O)(=O)N1CCOc2ccc(F)cc21. The summed E-state index contributed by atoms with van der Waals surface area (Å²) in [6, 6.07) is 3.83. The van der Waals surface area contributed by atoms with Crippen molar-refractivity contribution in [1.29, 1.82) is 0 Å². The van der Waals surface area contributed by atoms with Gasteiger partial charge in [0.15, 0.2) is 0 Å². The van der Waals surface area contributed by atoms with Crippen molar-refractivity contribution in [3.8, 4) is 5.75 Å². The molecular weight excluding hydrogens is 297 g/mol. The first kappa shape index (κ1) is 13.9. The summed E-state index contributed by atoms with van der Waals surface area (Å²) in [4.78, 5) is 0.125. The molecule has 1 N–H and O–H groups in total. The van der Waals surface area contributed by atoms with Crippen molar-refractivity contribution in [2.45, 2.75) is 18.7 Å². The van der Waals surface area contributed by atoms with Crippen LogP contribution in [0.3, 0.4) is 0 Å². The lowest BCUT2D eigenvalue weighted by molar-refractivity contribution is 0.315. The van der Waals surface area contributed by atoms with Gasteiger partial charge in [0.1, 0.15) is 23.1 Å². The molecule has 6 nitrogen and oxygen atoms in total. The number of benzene rings is 1. The molecule has 0 saturated carbocycles. The first-order chi connectivity index (χ1) is 9.91. The van der Waals surface area contributed by atoms with Crippen LogP contribution in [-0.4, -0.2) is 31.8 Å². The van der Waals surface area contributed by atoms with Gasteiger partial charge < -0.3 is 4.74 Å². The highest BCUT2D eigenvalue weighted by molar-refractivity contribution is 7.93. The number of hydrogen-bond acceptors (Lipinski definition) is 4. The van der Waals surface area contributed by atoms with E-state index in [1.807, 2.05) is 0 Å². The molecule has 1 aliphatic rings. The van der Waals surface area contributed by atoms with Gasteiger partial charge in [-0.2, -0.15) is 5.10 Å². The quantitative estimate of drug-likeness (QED) is 0.917. The summed E-state index contributed by atoms with van der Waals surface area (Å²) in [6.45, 7) is 3.60. The van der Waals surface area contributed by atoms with E-state index in [2.05, 4.69) is 10.2 Å². The molecule has 0 bridgehead atoms. The van der Waals surface area contributed by atoms with Crippen LogP contribution in [0, 0.1) is 19.7 Å². The minimum Gasteiger partial charge on any atom is -0.489 e. The standard InChI is InChI=1S/C13H14FN3O3S/c1-8-13(9(2)16-15-8)21(18,19)17-5-6-20-12-4-3-10(14)7-11(12)17/h3-4,7H,5-6H2,1-2H3,(H,15,16). The number of anilines is 1. The van der Waals surface area contributed by atoms with Crippen LogP contribution in [0.4, 0.5) is 10.1 Å². The van der Waals surface area contributed by atoms with Crippen LogP contribution in [0.5, 0.6) is 5.75 Å². The van der Waals surface area contributed by atoms with Gasteiger partial charge in [0.2, 0.25) is 0 Å². The second-order valence-electron chi connectivity index (χ2n) is 4.80. The highest BCUT2D eigenvalue weighted by atomic mass is 32.2. The first-order valence-corrected chi connectivity index (χ1v) is 7.82. The number of halogens is 1. The van der Waals surface area contributed by atoms with Crippen LogP contribution >= 0.6 is 0 Å². The van der Waals surface area contributed by atoms with Gasteiger partial charge in [-0.15, -0.1) is 0 Å². The molecule has 1 aromatic heterocycles. The Bertz CT molecular complexity index is 781. The van der Waals surface area contributed by atoms with Crippen LogP contribution in [0.15, 0.2) is 23.1 Å². The molecule has 0 aliphatic carbocycles. The number of aryl methyl sites for hydroxylation is 2. The lowest BCUT2D eigenvalue weighted by atomic mass is 10.2. The first-order valence-electron chi connectivity index (χ1n) is 6.38. The number of aromatic nitrogens is 2. The summed E-state index contributed by atoms with van der Waals surface area (Å²) < 4.78 is 45.7. The Morgan fingerprint density at radius 3 is 2.81 bits per heavy atom. The Hall–Kier alpha value is -2.09. The normalized spacial score (nSPS) is 14.7. The summed E-state index contributed by atoms with van der Waals surface area (Å²) in [7, 11) is -3.82. The molecule has 0 amide bonds. The van der Waals surface area contributed by atoms with Crippen molar-refractivity contribution in [3.63, 3.8) is 0 Å². The Morgan fingerprint density at radius 2 is 2.14 bits per heavy atom. The van der Waals surface area contributed by atoms with Crippen LogP contribution in [0.25, 0.3) is 0 Å². The molecule has 1 aliphatic heterocycles. The predicted molar refractivity (Wildman–Crippen MR) is 74.5 cm³/mol. The number of nitrogens with one attached hydrogen (secondary N) is 1. The molecule has 0 unspecified atom stereocenters. The largest absolute Gasteiger partial charge is 0.489 e. The molecule has 3 rings (SSSR count). The molecule has 1 aromatic carbocycles. The van der Waals surface area contributed by atoms with Gasteiger partial charge in [-0.3, -0.25) is 9.40 Å². The number of fused-ring (bicyclic) bond motifs is 1. The number of H-pyrrole nitrogens is 1. The molecule has 0 spiro atoms. The van der Waals surface area contributed by atoms with Gasteiger partial charge in [-0.1, -0.05) is 0 Å². The third-order valence-electron chi connectivity index (χ3n) is 3.35. The number of nitrogens with zero attached hydrogens (tertiary/aromatic N) is 2. The fourth-order valence-corrected chi connectivity index (χ4v) is 4.24. The van der Waals surface area contributed by atoms with Crippen molar-refractivity contribution < 1.29 is 17.5 Å². The van der Waals surface area contributed by atoms with E-state index in [4.69, 9.17) is 4.74 Å². The summed E-state index contributed by atoms with van der Waals surface area (Å²) in [5.41, 5.74) is 1.05. The van der Waals surface area contributed by atoms with E-state index >= 15 is 0 Å². The number of sulfonamides is 1. The summed E-state index contributed by atoms with van der Waals surface area (Å²) in [6.07, 6.45) is 0. The average molecular weight is 311 g/mol. The molecule has 2 heterocycles. The average Bonchev–Trinajstić information content (AvgIpc) is 2.77.